The Hall–Kier alpha value is -0.590. The zero-order chi connectivity index (χ0) is 8.43. The first kappa shape index (κ1) is 8.51. The first-order valence-corrected chi connectivity index (χ1v) is 4.40. The maximum atomic E-state index is 7.54. The van der Waals surface area contributed by atoms with E-state index in [1.54, 1.807) is 0 Å². The molecule has 0 aliphatic heterocycles. The Morgan fingerprint density at radius 2 is 2.27 bits per heavy atom. The van der Waals surface area contributed by atoms with Crippen LogP contribution in [0.15, 0.2) is 11.6 Å². The fourth-order valence-electron chi connectivity index (χ4n) is 2.10. The molecule has 0 bridgehead atoms. The standard InChI is InChI=1S/C10H17N/c1-4-10-7(2)5-9(11)6-8(10)3/h5,8,10-11H,4,6H2,1-3H3. The van der Waals surface area contributed by atoms with Crippen molar-refractivity contribution in [2.75, 3.05) is 0 Å². The van der Waals surface area contributed by atoms with E-state index in [2.05, 4.69) is 20.8 Å². The molecule has 1 N–H and O–H groups in total. The van der Waals surface area contributed by atoms with Gasteiger partial charge in [0.05, 0.1) is 0 Å². The first-order chi connectivity index (χ1) is 5.15. The summed E-state index contributed by atoms with van der Waals surface area (Å²) in [5.74, 6) is 1.40. The van der Waals surface area contributed by atoms with Gasteiger partial charge < -0.3 is 5.41 Å². The smallest absolute Gasteiger partial charge is 0.0316 e. The van der Waals surface area contributed by atoms with Gasteiger partial charge in [0, 0.05) is 5.71 Å². The van der Waals surface area contributed by atoms with Crippen LogP contribution in [-0.2, 0) is 0 Å². The molecule has 2 atom stereocenters. The van der Waals surface area contributed by atoms with E-state index in [0.29, 0.717) is 5.92 Å². The van der Waals surface area contributed by atoms with Crippen LogP contribution in [0.4, 0.5) is 0 Å². The summed E-state index contributed by atoms with van der Waals surface area (Å²) in [5.41, 5.74) is 2.20. The second-order valence-electron chi connectivity index (χ2n) is 3.61. The van der Waals surface area contributed by atoms with Gasteiger partial charge in [-0.2, -0.15) is 0 Å². The molecule has 0 aromatic carbocycles. The zero-order valence-corrected chi connectivity index (χ0v) is 7.65. The SMILES string of the molecule is CCC1C(C)=CC(=N)CC1C. The third kappa shape index (κ3) is 1.70. The number of hydrogen-bond acceptors (Lipinski definition) is 1. The van der Waals surface area contributed by atoms with E-state index in [0.717, 1.165) is 18.1 Å². The molecule has 0 radical (unpaired) electrons. The Balaban J connectivity index is 2.79. The molecule has 2 unspecified atom stereocenters. The van der Waals surface area contributed by atoms with Crippen LogP contribution in [-0.4, -0.2) is 5.71 Å². The van der Waals surface area contributed by atoms with Crippen molar-refractivity contribution >= 4 is 5.71 Å². The van der Waals surface area contributed by atoms with E-state index in [-0.39, 0.29) is 0 Å². The number of hydrogen-bond donors (Lipinski definition) is 1. The molecule has 0 heterocycles. The molecule has 0 amide bonds. The van der Waals surface area contributed by atoms with Gasteiger partial charge in [-0.3, -0.25) is 0 Å². The highest BCUT2D eigenvalue weighted by atomic mass is 14.4. The summed E-state index contributed by atoms with van der Waals surface area (Å²) in [7, 11) is 0. The summed E-state index contributed by atoms with van der Waals surface area (Å²) >= 11 is 0. The highest BCUT2D eigenvalue weighted by Gasteiger charge is 2.22. The lowest BCUT2D eigenvalue weighted by Gasteiger charge is -2.27. The van der Waals surface area contributed by atoms with Crippen molar-refractivity contribution in [3.05, 3.63) is 11.6 Å². The molecule has 1 rings (SSSR count). The molecule has 0 aromatic rings. The van der Waals surface area contributed by atoms with Crippen molar-refractivity contribution < 1.29 is 0 Å². The van der Waals surface area contributed by atoms with Crippen molar-refractivity contribution in [1.82, 2.24) is 0 Å². The van der Waals surface area contributed by atoms with Crippen molar-refractivity contribution in [2.45, 2.75) is 33.6 Å². The fraction of sp³-hybridized carbons (Fsp3) is 0.700. The number of allylic oxidation sites excluding steroid dienone is 2. The van der Waals surface area contributed by atoms with Crippen LogP contribution in [0.5, 0.6) is 0 Å². The molecule has 1 aliphatic rings. The maximum absolute atomic E-state index is 7.54. The zero-order valence-electron chi connectivity index (χ0n) is 7.65. The predicted molar refractivity (Wildman–Crippen MR) is 49.0 cm³/mol. The van der Waals surface area contributed by atoms with Gasteiger partial charge in [-0.15, -0.1) is 0 Å². The summed E-state index contributed by atoms with van der Waals surface area (Å²) in [6.07, 6.45) is 4.22. The van der Waals surface area contributed by atoms with Gasteiger partial charge in [0.1, 0.15) is 0 Å². The Bertz CT molecular complexity index is 191. The van der Waals surface area contributed by atoms with Crippen LogP contribution >= 0.6 is 0 Å². The van der Waals surface area contributed by atoms with E-state index in [1.807, 2.05) is 6.08 Å². The quantitative estimate of drug-likeness (QED) is 0.595. The topological polar surface area (TPSA) is 23.9 Å². The van der Waals surface area contributed by atoms with Crippen LogP contribution in [0.3, 0.4) is 0 Å². The molecule has 1 nitrogen and oxygen atoms in total. The molecular weight excluding hydrogens is 134 g/mol. The third-order valence-corrected chi connectivity index (χ3v) is 2.66. The number of rotatable bonds is 1. The van der Waals surface area contributed by atoms with E-state index < -0.39 is 0 Å². The van der Waals surface area contributed by atoms with Gasteiger partial charge in [0.15, 0.2) is 0 Å². The molecule has 0 fully saturated rings. The average Bonchev–Trinajstić information content (AvgIpc) is 1.85. The molecular formula is C10H17N. The number of nitrogens with one attached hydrogen (secondary N) is 1. The summed E-state index contributed by atoms with van der Waals surface area (Å²) in [6.45, 7) is 6.63. The van der Waals surface area contributed by atoms with Gasteiger partial charge >= 0.3 is 0 Å². The van der Waals surface area contributed by atoms with Crippen molar-refractivity contribution in [2.24, 2.45) is 11.8 Å². The fourth-order valence-corrected chi connectivity index (χ4v) is 2.10. The van der Waals surface area contributed by atoms with Crippen molar-refractivity contribution in [1.29, 1.82) is 5.41 Å². The molecule has 1 heteroatoms. The van der Waals surface area contributed by atoms with Crippen LogP contribution in [0.25, 0.3) is 0 Å². The van der Waals surface area contributed by atoms with Gasteiger partial charge in [0.25, 0.3) is 0 Å². The summed E-state index contributed by atoms with van der Waals surface area (Å²) in [6, 6.07) is 0. The highest BCUT2D eigenvalue weighted by molar-refractivity contribution is 5.93. The predicted octanol–water partition coefficient (Wildman–Crippen LogP) is 3.02. The molecule has 0 saturated heterocycles. The minimum absolute atomic E-state index is 0.678. The van der Waals surface area contributed by atoms with E-state index >= 15 is 0 Å². The van der Waals surface area contributed by atoms with E-state index in [9.17, 15) is 0 Å². The maximum Gasteiger partial charge on any atom is 0.0316 e. The molecule has 0 aromatic heterocycles. The van der Waals surface area contributed by atoms with Crippen LogP contribution in [0, 0.1) is 17.2 Å². The van der Waals surface area contributed by atoms with Crippen LogP contribution < -0.4 is 0 Å². The largest absolute Gasteiger partial charge is 0.305 e. The van der Waals surface area contributed by atoms with Gasteiger partial charge in [-0.1, -0.05) is 19.4 Å². The lowest BCUT2D eigenvalue weighted by atomic mass is 9.78. The molecule has 0 saturated carbocycles. The highest BCUT2D eigenvalue weighted by Crippen LogP contribution is 2.30. The van der Waals surface area contributed by atoms with Crippen LogP contribution in [0.1, 0.15) is 33.6 Å². The normalized spacial score (nSPS) is 31.9. The molecule has 62 valence electrons. The summed E-state index contributed by atoms with van der Waals surface area (Å²) in [4.78, 5) is 0. The Labute approximate surface area is 69.0 Å². The monoisotopic (exact) mass is 151 g/mol. The lowest BCUT2D eigenvalue weighted by molar-refractivity contribution is 0.402. The van der Waals surface area contributed by atoms with Crippen molar-refractivity contribution in [3.63, 3.8) is 0 Å². The van der Waals surface area contributed by atoms with Crippen LogP contribution in [0.2, 0.25) is 0 Å². The Kier molecular flexibility index (Phi) is 2.48. The second-order valence-corrected chi connectivity index (χ2v) is 3.61. The lowest BCUT2D eigenvalue weighted by Crippen LogP contribution is -2.20. The Morgan fingerprint density at radius 1 is 1.64 bits per heavy atom. The van der Waals surface area contributed by atoms with Crippen molar-refractivity contribution in [3.8, 4) is 0 Å². The van der Waals surface area contributed by atoms with Gasteiger partial charge in [-0.25, -0.2) is 0 Å². The van der Waals surface area contributed by atoms with E-state index in [1.165, 1.54) is 12.0 Å². The minimum Gasteiger partial charge on any atom is -0.305 e. The summed E-state index contributed by atoms with van der Waals surface area (Å²) < 4.78 is 0. The second kappa shape index (κ2) is 3.21. The van der Waals surface area contributed by atoms with Gasteiger partial charge in [0.2, 0.25) is 0 Å². The third-order valence-electron chi connectivity index (χ3n) is 2.66. The average molecular weight is 151 g/mol. The summed E-state index contributed by atoms with van der Waals surface area (Å²) in [5, 5.41) is 7.54. The Morgan fingerprint density at radius 3 is 2.73 bits per heavy atom. The molecule has 11 heavy (non-hydrogen) atoms. The molecule has 1 aliphatic carbocycles. The first-order valence-electron chi connectivity index (χ1n) is 4.40. The minimum atomic E-state index is 0.678. The molecule has 0 spiro atoms. The van der Waals surface area contributed by atoms with E-state index in [4.69, 9.17) is 5.41 Å². The van der Waals surface area contributed by atoms with Gasteiger partial charge in [-0.05, 0) is 37.7 Å².